The van der Waals surface area contributed by atoms with Crippen molar-refractivity contribution in [1.29, 1.82) is 0 Å². The Kier molecular flexibility index (Phi) is 6.68. The number of rotatable bonds is 8. The second-order valence-electron chi connectivity index (χ2n) is 9.32. The Morgan fingerprint density at radius 2 is 1.73 bits per heavy atom. The molecule has 3 atom stereocenters. The fourth-order valence-electron chi connectivity index (χ4n) is 4.16. The lowest BCUT2D eigenvalue weighted by Gasteiger charge is -2.45. The van der Waals surface area contributed by atoms with E-state index >= 15 is 4.39 Å². The third-order valence-electron chi connectivity index (χ3n) is 6.51. The van der Waals surface area contributed by atoms with Crippen LogP contribution in [0.3, 0.4) is 0 Å². The van der Waals surface area contributed by atoms with E-state index in [0.29, 0.717) is 5.65 Å². The van der Waals surface area contributed by atoms with Crippen molar-refractivity contribution in [3.8, 4) is 16.9 Å². The van der Waals surface area contributed by atoms with Crippen LogP contribution in [0.4, 0.5) is 23.5 Å². The first-order valence-electron chi connectivity index (χ1n) is 11.1. The zero-order chi connectivity index (χ0) is 27.2. The maximum atomic E-state index is 15.4. The molecule has 2 aromatic heterocycles. The van der Waals surface area contributed by atoms with Crippen molar-refractivity contribution in [3.63, 3.8) is 0 Å². The Balaban J connectivity index is 1.66. The highest BCUT2D eigenvalue weighted by Crippen LogP contribution is 2.46. The molecular formula is C25H23BF4N4O3. The lowest BCUT2D eigenvalue weighted by Crippen LogP contribution is -2.51. The molecule has 0 fully saturated rings. The minimum atomic E-state index is -2.82. The van der Waals surface area contributed by atoms with E-state index in [1.165, 1.54) is 48.8 Å². The standard InChI is InChI=1S/C25H23BF4N4O3/c1-23(13-27,24(2,35)15-3-5-16(28)6-4-15)12-25(26,36)37-21-18(29)8-7-17(20(21)30)14-9-10-34-19(11-14)32-22(31)33-34/h3-11,35-36H,12-13H2,1-2H3,(H2,31,33). The fraction of sp³-hybridized carbons (Fsp3) is 0.280. The number of nitrogens with two attached hydrogens (primary N) is 1. The lowest BCUT2D eigenvalue weighted by atomic mass is 9.65. The summed E-state index contributed by atoms with van der Waals surface area (Å²) in [6, 6.07) is 9.67. The monoisotopic (exact) mass is 514 g/mol. The molecule has 0 bridgehead atoms. The quantitative estimate of drug-likeness (QED) is 0.187. The van der Waals surface area contributed by atoms with Gasteiger partial charge in [-0.25, -0.2) is 17.7 Å². The number of aromatic nitrogens is 3. The molecule has 0 aliphatic carbocycles. The molecule has 4 aromatic rings. The highest BCUT2D eigenvalue weighted by Gasteiger charge is 2.49. The van der Waals surface area contributed by atoms with Crippen LogP contribution in [-0.4, -0.2) is 45.0 Å². The van der Waals surface area contributed by atoms with E-state index in [4.69, 9.17) is 18.3 Å². The van der Waals surface area contributed by atoms with Crippen molar-refractivity contribution in [2.24, 2.45) is 5.41 Å². The van der Waals surface area contributed by atoms with Crippen molar-refractivity contribution in [2.75, 3.05) is 12.4 Å². The van der Waals surface area contributed by atoms with E-state index in [1.807, 2.05) is 0 Å². The molecule has 2 aromatic carbocycles. The molecule has 7 nitrogen and oxygen atoms in total. The van der Waals surface area contributed by atoms with E-state index in [1.54, 1.807) is 0 Å². The van der Waals surface area contributed by atoms with E-state index in [9.17, 15) is 23.4 Å². The third-order valence-corrected chi connectivity index (χ3v) is 6.51. The molecule has 3 unspecified atom stereocenters. The topological polar surface area (TPSA) is 106 Å². The second kappa shape index (κ2) is 9.35. The summed E-state index contributed by atoms with van der Waals surface area (Å²) < 4.78 is 64.3. The van der Waals surface area contributed by atoms with Gasteiger partial charge in [0.2, 0.25) is 5.95 Å². The second-order valence-corrected chi connectivity index (χ2v) is 9.32. The predicted molar refractivity (Wildman–Crippen MR) is 129 cm³/mol. The molecule has 4 N–H and O–H groups in total. The Bertz CT molecular complexity index is 1450. The van der Waals surface area contributed by atoms with Crippen LogP contribution < -0.4 is 10.5 Å². The highest BCUT2D eigenvalue weighted by atomic mass is 19.1. The van der Waals surface area contributed by atoms with Crippen molar-refractivity contribution in [2.45, 2.75) is 31.6 Å². The number of ether oxygens (including phenoxy) is 1. The number of hydrogen-bond donors (Lipinski definition) is 3. The van der Waals surface area contributed by atoms with Gasteiger partial charge in [-0.05, 0) is 54.4 Å². The summed E-state index contributed by atoms with van der Waals surface area (Å²) in [4.78, 5) is 3.99. The molecule has 0 saturated carbocycles. The molecular weight excluding hydrogens is 491 g/mol. The van der Waals surface area contributed by atoms with Crippen molar-refractivity contribution < 1.29 is 32.5 Å². The lowest BCUT2D eigenvalue weighted by molar-refractivity contribution is -0.154. The number of alkyl halides is 1. The molecule has 192 valence electrons. The summed E-state index contributed by atoms with van der Waals surface area (Å²) in [5.41, 5.74) is -0.459. The molecule has 12 heteroatoms. The van der Waals surface area contributed by atoms with Gasteiger partial charge in [0.25, 0.3) is 0 Å². The van der Waals surface area contributed by atoms with Crippen molar-refractivity contribution in [1.82, 2.24) is 14.6 Å². The Hall–Kier alpha value is -3.64. The van der Waals surface area contributed by atoms with E-state index in [2.05, 4.69) is 10.1 Å². The number of anilines is 1. The van der Waals surface area contributed by atoms with Gasteiger partial charge in [0, 0.05) is 23.6 Å². The molecule has 2 radical (unpaired) electrons. The smallest absolute Gasteiger partial charge is 0.240 e. The van der Waals surface area contributed by atoms with Crippen LogP contribution in [0.25, 0.3) is 16.8 Å². The summed E-state index contributed by atoms with van der Waals surface area (Å²) >= 11 is 0. The summed E-state index contributed by atoms with van der Waals surface area (Å²) in [5.74, 6) is -3.94. The number of fused-ring (bicyclic) bond motifs is 1. The summed E-state index contributed by atoms with van der Waals surface area (Å²) in [7, 11) is 5.84. The van der Waals surface area contributed by atoms with Gasteiger partial charge in [0.05, 0.1) is 12.3 Å². The zero-order valence-corrected chi connectivity index (χ0v) is 19.9. The van der Waals surface area contributed by atoms with Crippen LogP contribution in [0, 0.1) is 22.9 Å². The molecule has 0 aliphatic rings. The molecule has 37 heavy (non-hydrogen) atoms. The van der Waals surface area contributed by atoms with E-state index in [0.717, 1.165) is 24.3 Å². The minimum Gasteiger partial charge on any atom is -0.466 e. The van der Waals surface area contributed by atoms with E-state index < -0.39 is 53.0 Å². The maximum absolute atomic E-state index is 15.4. The first-order valence-corrected chi connectivity index (χ1v) is 11.1. The van der Waals surface area contributed by atoms with Crippen LogP contribution in [0.5, 0.6) is 5.75 Å². The SMILES string of the molecule is [B]C(O)(CC(C)(CF)C(C)(O)c1ccc(F)cc1)Oc1c(F)ccc(-c2ccn3nc(N)nc3c2)c1F. The third kappa shape index (κ3) is 4.99. The largest absolute Gasteiger partial charge is 0.466 e. The summed E-state index contributed by atoms with van der Waals surface area (Å²) in [6.45, 7) is 1.30. The average molecular weight is 514 g/mol. The molecule has 0 amide bonds. The van der Waals surface area contributed by atoms with Crippen molar-refractivity contribution >= 4 is 19.4 Å². The zero-order valence-electron chi connectivity index (χ0n) is 19.9. The molecule has 0 saturated heterocycles. The number of hydrogen-bond acceptors (Lipinski definition) is 6. The van der Waals surface area contributed by atoms with Gasteiger partial charge in [0.1, 0.15) is 5.82 Å². The first-order chi connectivity index (χ1) is 17.3. The van der Waals surface area contributed by atoms with Gasteiger partial charge in [-0.3, -0.25) is 4.39 Å². The minimum absolute atomic E-state index is 0.00128. The highest BCUT2D eigenvalue weighted by molar-refractivity contribution is 6.13. The molecule has 0 aliphatic heterocycles. The normalized spacial score (nSPS) is 16.6. The summed E-state index contributed by atoms with van der Waals surface area (Å²) in [5, 5.41) is 25.9. The number of nitrogens with zero attached hydrogens (tertiary/aromatic N) is 3. The van der Waals surface area contributed by atoms with Crippen LogP contribution in [0.1, 0.15) is 25.8 Å². The van der Waals surface area contributed by atoms with Crippen LogP contribution >= 0.6 is 0 Å². The molecule has 4 rings (SSSR count). The van der Waals surface area contributed by atoms with Crippen molar-refractivity contribution in [3.05, 3.63) is 77.7 Å². The molecule has 2 heterocycles. The Morgan fingerprint density at radius 1 is 1.05 bits per heavy atom. The predicted octanol–water partition coefficient (Wildman–Crippen LogP) is 3.86. The Morgan fingerprint density at radius 3 is 2.38 bits per heavy atom. The van der Waals surface area contributed by atoms with Gasteiger partial charge in [-0.2, -0.15) is 4.98 Å². The Labute approximate surface area is 210 Å². The number of pyridine rings is 1. The summed E-state index contributed by atoms with van der Waals surface area (Å²) in [6.07, 6.45) is 0.676. The number of benzene rings is 2. The number of nitrogen functional groups attached to an aromatic ring is 1. The number of halogens is 4. The average Bonchev–Trinajstić information content (AvgIpc) is 3.21. The van der Waals surface area contributed by atoms with Gasteiger partial charge >= 0.3 is 0 Å². The van der Waals surface area contributed by atoms with Gasteiger partial charge in [0.15, 0.2) is 36.6 Å². The molecule has 0 spiro atoms. The van der Waals surface area contributed by atoms with Crippen LogP contribution in [0.15, 0.2) is 54.7 Å². The van der Waals surface area contributed by atoms with Crippen LogP contribution in [-0.2, 0) is 5.60 Å². The maximum Gasteiger partial charge on any atom is 0.240 e. The van der Waals surface area contributed by atoms with Gasteiger partial charge < -0.3 is 20.7 Å². The number of aliphatic hydroxyl groups is 2. The van der Waals surface area contributed by atoms with Gasteiger partial charge in [-0.1, -0.05) is 19.1 Å². The first kappa shape index (κ1) is 26.4. The van der Waals surface area contributed by atoms with Gasteiger partial charge in [-0.15, -0.1) is 5.10 Å². The van der Waals surface area contributed by atoms with E-state index in [-0.39, 0.29) is 22.6 Å². The fourth-order valence-corrected chi connectivity index (χ4v) is 4.16. The van der Waals surface area contributed by atoms with Crippen LogP contribution in [0.2, 0.25) is 0 Å².